The minimum absolute atomic E-state index is 0.0613. The second-order valence-corrected chi connectivity index (χ2v) is 8.64. The van der Waals surface area contributed by atoms with E-state index < -0.39 is 10.0 Å². The van der Waals surface area contributed by atoms with Crippen LogP contribution < -0.4 is 10.2 Å². The van der Waals surface area contributed by atoms with E-state index in [0.717, 1.165) is 5.56 Å². The Morgan fingerprint density at radius 2 is 1.85 bits per heavy atom. The Hall–Kier alpha value is -2.67. The van der Waals surface area contributed by atoms with Gasteiger partial charge in [0.2, 0.25) is 0 Å². The summed E-state index contributed by atoms with van der Waals surface area (Å²) >= 11 is 0. The third-order valence-electron chi connectivity index (χ3n) is 4.37. The molecular formula is C20H23N3O3S. The van der Waals surface area contributed by atoms with E-state index in [4.69, 9.17) is 0 Å². The molecule has 0 atom stereocenters. The van der Waals surface area contributed by atoms with Crippen molar-refractivity contribution in [3.8, 4) is 0 Å². The third kappa shape index (κ3) is 3.88. The van der Waals surface area contributed by atoms with Crippen molar-refractivity contribution < 1.29 is 13.2 Å². The van der Waals surface area contributed by atoms with Gasteiger partial charge in [0, 0.05) is 17.8 Å². The summed E-state index contributed by atoms with van der Waals surface area (Å²) < 4.78 is 29.0. The van der Waals surface area contributed by atoms with Gasteiger partial charge in [0.15, 0.2) is 0 Å². The van der Waals surface area contributed by atoms with E-state index >= 15 is 0 Å². The molecule has 7 heteroatoms. The van der Waals surface area contributed by atoms with Gasteiger partial charge >= 0.3 is 0 Å². The van der Waals surface area contributed by atoms with Gasteiger partial charge in [-0.3, -0.25) is 4.79 Å². The lowest BCUT2D eigenvalue weighted by Crippen LogP contribution is -2.36. The lowest BCUT2D eigenvalue weighted by molar-refractivity contribution is 0.102. The van der Waals surface area contributed by atoms with Gasteiger partial charge in [-0.05, 0) is 49.6 Å². The van der Waals surface area contributed by atoms with Crippen LogP contribution in [0.5, 0.6) is 0 Å². The second-order valence-electron chi connectivity index (χ2n) is 7.07. The molecule has 142 valence electrons. The standard InChI is InChI=1S/C20H23N3O3S/c1-13(2)12-23-15(4)22-27(25,26)19-11-16(9-10-18(19)23)20(24)21-17-8-6-5-7-14(17)3/h5-11,13H,12H2,1-4H3,(H,21,24). The van der Waals surface area contributed by atoms with Crippen molar-refractivity contribution in [2.24, 2.45) is 10.3 Å². The van der Waals surface area contributed by atoms with Crippen molar-refractivity contribution in [1.29, 1.82) is 0 Å². The third-order valence-corrected chi connectivity index (χ3v) is 5.76. The van der Waals surface area contributed by atoms with Crippen LogP contribution in [0.3, 0.4) is 0 Å². The average molecular weight is 385 g/mol. The van der Waals surface area contributed by atoms with Gasteiger partial charge < -0.3 is 10.2 Å². The summed E-state index contributed by atoms with van der Waals surface area (Å²) in [5.74, 6) is 0.408. The van der Waals surface area contributed by atoms with Crippen LogP contribution in [0.2, 0.25) is 0 Å². The van der Waals surface area contributed by atoms with Crippen LogP contribution in [0.15, 0.2) is 51.8 Å². The topological polar surface area (TPSA) is 78.8 Å². The van der Waals surface area contributed by atoms with Gasteiger partial charge in [-0.1, -0.05) is 32.0 Å². The molecular weight excluding hydrogens is 362 g/mol. The number of amidine groups is 1. The molecule has 0 aromatic heterocycles. The number of hydrogen-bond acceptors (Lipinski definition) is 4. The maximum atomic E-state index is 12.6. The largest absolute Gasteiger partial charge is 0.328 e. The second kappa shape index (κ2) is 7.15. The van der Waals surface area contributed by atoms with Crippen molar-refractivity contribution in [3.63, 3.8) is 0 Å². The lowest BCUT2D eigenvalue weighted by atomic mass is 10.1. The summed E-state index contributed by atoms with van der Waals surface area (Å²) in [6, 6.07) is 12.2. The number of rotatable bonds is 4. The minimum Gasteiger partial charge on any atom is -0.328 e. The molecule has 3 rings (SSSR count). The molecule has 0 unspecified atom stereocenters. The first kappa shape index (κ1) is 19.1. The van der Waals surface area contributed by atoms with E-state index in [2.05, 4.69) is 23.6 Å². The fourth-order valence-corrected chi connectivity index (χ4v) is 4.30. The molecule has 2 aromatic rings. The molecule has 27 heavy (non-hydrogen) atoms. The van der Waals surface area contributed by atoms with Crippen LogP contribution in [0.25, 0.3) is 0 Å². The molecule has 0 aliphatic carbocycles. The van der Waals surface area contributed by atoms with Crippen molar-refractivity contribution >= 4 is 33.1 Å². The molecule has 1 aliphatic heterocycles. The quantitative estimate of drug-likeness (QED) is 0.867. The molecule has 6 nitrogen and oxygen atoms in total. The molecule has 0 fully saturated rings. The van der Waals surface area contributed by atoms with E-state index in [1.54, 1.807) is 25.1 Å². The SMILES string of the molecule is CC1=NS(=O)(=O)c2cc(C(=O)Nc3ccccc3C)ccc2N1CC(C)C. The number of benzene rings is 2. The molecule has 0 bridgehead atoms. The monoisotopic (exact) mass is 385 g/mol. The molecule has 2 aromatic carbocycles. The van der Waals surface area contributed by atoms with Gasteiger partial charge in [0.1, 0.15) is 10.7 Å². The fourth-order valence-electron chi connectivity index (χ4n) is 3.03. The predicted octanol–water partition coefficient (Wildman–Crippen LogP) is 3.83. The van der Waals surface area contributed by atoms with Crippen LogP contribution in [0, 0.1) is 12.8 Å². The number of sulfonamides is 1. The van der Waals surface area contributed by atoms with Crippen LogP contribution in [-0.4, -0.2) is 26.7 Å². The summed E-state index contributed by atoms with van der Waals surface area (Å²) in [6.45, 7) is 8.34. The van der Waals surface area contributed by atoms with Crippen molar-refractivity contribution in [3.05, 3.63) is 53.6 Å². The smallest absolute Gasteiger partial charge is 0.286 e. The zero-order valence-electron chi connectivity index (χ0n) is 15.9. The van der Waals surface area contributed by atoms with Gasteiger partial charge in [0.25, 0.3) is 15.9 Å². The first-order valence-corrected chi connectivity index (χ1v) is 10.2. The first-order chi connectivity index (χ1) is 12.7. The highest BCUT2D eigenvalue weighted by atomic mass is 32.2. The van der Waals surface area contributed by atoms with E-state index in [9.17, 15) is 13.2 Å². The fraction of sp³-hybridized carbons (Fsp3) is 0.300. The van der Waals surface area contributed by atoms with E-state index in [1.165, 1.54) is 6.07 Å². The lowest BCUT2D eigenvalue weighted by Gasteiger charge is -2.30. The number of nitrogens with one attached hydrogen (secondary N) is 1. The van der Waals surface area contributed by atoms with Crippen LogP contribution in [0.1, 0.15) is 36.7 Å². The van der Waals surface area contributed by atoms with E-state index in [1.807, 2.05) is 30.0 Å². The van der Waals surface area contributed by atoms with Gasteiger partial charge in [-0.2, -0.15) is 8.42 Å². The van der Waals surface area contributed by atoms with Crippen molar-refractivity contribution in [2.75, 3.05) is 16.8 Å². The number of hydrogen-bond donors (Lipinski definition) is 1. The van der Waals surface area contributed by atoms with Gasteiger partial charge in [0.05, 0.1) is 5.69 Å². The normalized spacial score (nSPS) is 15.3. The zero-order valence-corrected chi connectivity index (χ0v) is 16.7. The highest BCUT2D eigenvalue weighted by Crippen LogP contribution is 2.33. The molecule has 0 saturated heterocycles. The van der Waals surface area contributed by atoms with Crippen LogP contribution in [-0.2, 0) is 10.0 Å². The number of amides is 1. The maximum absolute atomic E-state index is 12.6. The summed E-state index contributed by atoms with van der Waals surface area (Å²) in [7, 11) is -3.83. The minimum atomic E-state index is -3.83. The highest BCUT2D eigenvalue weighted by molar-refractivity contribution is 7.90. The molecule has 0 saturated carbocycles. The average Bonchev–Trinajstić information content (AvgIpc) is 2.59. The van der Waals surface area contributed by atoms with Gasteiger partial charge in [-0.25, -0.2) is 0 Å². The summed E-state index contributed by atoms with van der Waals surface area (Å²) in [4.78, 5) is 14.6. The van der Waals surface area contributed by atoms with Crippen LogP contribution in [0.4, 0.5) is 11.4 Å². The number of fused-ring (bicyclic) bond motifs is 1. The molecule has 1 heterocycles. The molecule has 0 spiro atoms. The number of aryl methyl sites for hydroxylation is 1. The number of carbonyl (C=O) groups excluding carboxylic acids is 1. The molecule has 0 radical (unpaired) electrons. The molecule has 1 N–H and O–H groups in total. The van der Waals surface area contributed by atoms with E-state index in [-0.39, 0.29) is 16.4 Å². The van der Waals surface area contributed by atoms with Crippen molar-refractivity contribution in [1.82, 2.24) is 0 Å². The Morgan fingerprint density at radius 3 is 2.52 bits per heavy atom. The number of anilines is 2. The molecule has 1 aliphatic rings. The Labute approximate surface area is 160 Å². The number of para-hydroxylation sites is 1. The first-order valence-electron chi connectivity index (χ1n) is 8.79. The highest BCUT2D eigenvalue weighted by Gasteiger charge is 2.30. The summed E-state index contributed by atoms with van der Waals surface area (Å²) in [5.41, 5.74) is 2.46. The Balaban J connectivity index is 1.99. The summed E-state index contributed by atoms with van der Waals surface area (Å²) in [5, 5.41) is 2.83. The Bertz CT molecular complexity index is 1030. The molecule has 1 amide bonds. The van der Waals surface area contributed by atoms with E-state index in [0.29, 0.717) is 29.7 Å². The maximum Gasteiger partial charge on any atom is 0.286 e. The summed E-state index contributed by atoms with van der Waals surface area (Å²) in [6.07, 6.45) is 0. The van der Waals surface area contributed by atoms with Crippen LogP contribution >= 0.6 is 0 Å². The predicted molar refractivity (Wildman–Crippen MR) is 108 cm³/mol. The number of nitrogens with zero attached hydrogens (tertiary/aromatic N) is 2. The van der Waals surface area contributed by atoms with Crippen molar-refractivity contribution in [2.45, 2.75) is 32.6 Å². The van der Waals surface area contributed by atoms with Gasteiger partial charge in [-0.15, -0.1) is 4.40 Å². The Kier molecular flexibility index (Phi) is 5.06. The number of carbonyl (C=O) groups is 1. The Morgan fingerprint density at radius 1 is 1.15 bits per heavy atom. The zero-order chi connectivity index (χ0) is 19.8.